The van der Waals surface area contributed by atoms with Crippen molar-refractivity contribution in [3.05, 3.63) is 20.8 Å². The fourth-order valence-corrected chi connectivity index (χ4v) is 5.35. The fraction of sp³-hybridized carbons (Fsp3) is 0.667. The molecule has 0 radical (unpaired) electrons. The van der Waals surface area contributed by atoms with E-state index >= 15 is 0 Å². The van der Waals surface area contributed by atoms with Crippen LogP contribution in [0.4, 0.5) is 0 Å². The molecule has 0 saturated carbocycles. The summed E-state index contributed by atoms with van der Waals surface area (Å²) in [5.74, 6) is 0.994. The van der Waals surface area contributed by atoms with Crippen LogP contribution in [0.25, 0.3) is 0 Å². The largest absolute Gasteiger partial charge is 0.357 e. The topological polar surface area (TPSA) is 61.8 Å². The number of hydrogen-bond donors (Lipinski definition) is 1. The molecule has 1 N–H and O–H groups in total. The van der Waals surface area contributed by atoms with Gasteiger partial charge in [-0.25, -0.2) is 8.42 Å². The summed E-state index contributed by atoms with van der Waals surface area (Å²) in [5, 5.41) is 3.28. The van der Waals surface area contributed by atoms with Gasteiger partial charge in [-0.05, 0) is 48.8 Å². The van der Waals surface area contributed by atoms with Crippen molar-refractivity contribution in [1.82, 2.24) is 10.2 Å². The van der Waals surface area contributed by atoms with Crippen LogP contribution < -0.4 is 5.32 Å². The third kappa shape index (κ3) is 5.57. The molecule has 5 nitrogen and oxygen atoms in total. The number of hydrogen-bond acceptors (Lipinski definition) is 4. The van der Waals surface area contributed by atoms with Crippen molar-refractivity contribution in [2.45, 2.75) is 31.9 Å². The monoisotopic (exact) mass is 549 g/mol. The molecule has 0 spiro atoms. The molecule has 9 heteroatoms. The molecule has 1 aliphatic rings. The molecule has 1 aliphatic heterocycles. The highest BCUT2D eigenvalue weighted by Crippen LogP contribution is 2.24. The van der Waals surface area contributed by atoms with Gasteiger partial charge in [-0.15, -0.1) is 35.3 Å². The Morgan fingerprint density at radius 2 is 2.17 bits per heavy atom. The van der Waals surface area contributed by atoms with Crippen LogP contribution in [0.3, 0.4) is 0 Å². The van der Waals surface area contributed by atoms with Crippen LogP contribution in [0.5, 0.6) is 0 Å². The Morgan fingerprint density at radius 1 is 1.46 bits per heavy atom. The van der Waals surface area contributed by atoms with E-state index in [0.29, 0.717) is 19.6 Å². The first-order valence-electron chi connectivity index (χ1n) is 7.75. The number of thiophene rings is 1. The summed E-state index contributed by atoms with van der Waals surface area (Å²) in [7, 11) is -3.03. The molecule has 0 aromatic carbocycles. The molecule has 0 amide bonds. The number of nitrogens with zero attached hydrogens (tertiary/aromatic N) is 2. The SMILES string of the molecule is CCNC(=NCCc1ccc(Br)s1)N1CCS(=O)(=O)C(C)(C)C1.I. The van der Waals surface area contributed by atoms with E-state index in [2.05, 4.69) is 37.2 Å². The van der Waals surface area contributed by atoms with Gasteiger partial charge in [0.05, 0.1) is 14.3 Å². The van der Waals surface area contributed by atoms with E-state index in [1.54, 1.807) is 25.2 Å². The Balaban J connectivity index is 0.00000288. The molecule has 0 unspecified atom stereocenters. The Kier molecular flexibility index (Phi) is 8.48. The van der Waals surface area contributed by atoms with Crippen molar-refractivity contribution in [3.63, 3.8) is 0 Å². The summed E-state index contributed by atoms with van der Waals surface area (Å²) >= 11 is 5.19. The van der Waals surface area contributed by atoms with E-state index in [0.717, 1.165) is 22.7 Å². The first-order valence-corrected chi connectivity index (χ1v) is 11.0. The molecule has 2 rings (SSSR count). The van der Waals surface area contributed by atoms with Crippen LogP contribution >= 0.6 is 51.2 Å². The Hall–Kier alpha value is 0.130. The first kappa shape index (κ1) is 22.2. The maximum Gasteiger partial charge on any atom is 0.194 e. The minimum absolute atomic E-state index is 0. The smallest absolute Gasteiger partial charge is 0.194 e. The Morgan fingerprint density at radius 3 is 2.71 bits per heavy atom. The molecule has 24 heavy (non-hydrogen) atoms. The lowest BCUT2D eigenvalue weighted by Gasteiger charge is -2.39. The van der Waals surface area contributed by atoms with Gasteiger partial charge >= 0.3 is 0 Å². The predicted molar refractivity (Wildman–Crippen MR) is 117 cm³/mol. The Labute approximate surface area is 174 Å². The lowest BCUT2D eigenvalue weighted by Crippen LogP contribution is -2.57. The van der Waals surface area contributed by atoms with Crippen molar-refractivity contribution in [1.29, 1.82) is 0 Å². The molecule has 2 heterocycles. The summed E-state index contributed by atoms with van der Waals surface area (Å²) in [5.41, 5.74) is 0. The first-order chi connectivity index (χ1) is 10.7. The zero-order chi connectivity index (χ0) is 17.1. The highest BCUT2D eigenvalue weighted by atomic mass is 127. The molecule has 1 fully saturated rings. The standard InChI is InChI=1S/C15H24BrN3O2S2.HI/c1-4-17-14(18-8-7-12-5-6-13(16)22-12)19-9-10-23(20,21)15(2,3)11-19;/h5-6H,4,7-11H2,1-3H3,(H,17,18);1H. The number of aliphatic imine (C=N–C) groups is 1. The van der Waals surface area contributed by atoms with Crippen molar-refractivity contribution < 1.29 is 8.42 Å². The lowest BCUT2D eigenvalue weighted by atomic mass is 10.2. The number of halogens is 2. The third-order valence-corrected chi connectivity index (χ3v) is 8.14. The maximum absolute atomic E-state index is 12.1. The second kappa shape index (κ2) is 9.18. The van der Waals surface area contributed by atoms with Gasteiger partial charge in [0.15, 0.2) is 15.8 Å². The van der Waals surface area contributed by atoms with Crippen LogP contribution in [0, 0.1) is 0 Å². The summed E-state index contributed by atoms with van der Waals surface area (Å²) in [4.78, 5) is 8.04. The summed E-state index contributed by atoms with van der Waals surface area (Å²) < 4.78 is 24.7. The molecule has 1 aromatic heterocycles. The molecular weight excluding hydrogens is 525 g/mol. The van der Waals surface area contributed by atoms with E-state index in [1.165, 1.54) is 4.88 Å². The van der Waals surface area contributed by atoms with Crippen molar-refractivity contribution in [2.24, 2.45) is 4.99 Å². The molecular formula is C15H25BrIN3O2S2. The quantitative estimate of drug-likeness (QED) is 0.356. The number of rotatable bonds is 4. The summed E-state index contributed by atoms with van der Waals surface area (Å²) in [6.07, 6.45) is 0.890. The van der Waals surface area contributed by atoms with Crippen molar-refractivity contribution >= 4 is 67.0 Å². The van der Waals surface area contributed by atoms with Crippen LogP contribution in [0.2, 0.25) is 0 Å². The van der Waals surface area contributed by atoms with Gasteiger partial charge in [-0.2, -0.15) is 0 Å². The average Bonchev–Trinajstić information content (AvgIpc) is 2.87. The molecule has 138 valence electrons. The van der Waals surface area contributed by atoms with E-state index in [4.69, 9.17) is 0 Å². The van der Waals surface area contributed by atoms with Crippen molar-refractivity contribution in [2.75, 3.05) is 31.9 Å². The second-order valence-corrected chi connectivity index (χ2v) is 11.5. The van der Waals surface area contributed by atoms with Gasteiger partial charge in [-0.3, -0.25) is 4.99 Å². The molecule has 0 atom stereocenters. The fourth-order valence-electron chi connectivity index (χ4n) is 2.51. The van der Waals surface area contributed by atoms with Gasteiger partial charge in [-0.1, -0.05) is 0 Å². The van der Waals surface area contributed by atoms with Gasteiger partial charge < -0.3 is 10.2 Å². The van der Waals surface area contributed by atoms with Crippen LogP contribution in [0.15, 0.2) is 20.9 Å². The van der Waals surface area contributed by atoms with Crippen LogP contribution in [0.1, 0.15) is 25.6 Å². The number of sulfone groups is 1. The zero-order valence-electron chi connectivity index (χ0n) is 14.2. The molecule has 1 saturated heterocycles. The molecule has 0 bridgehead atoms. The van der Waals surface area contributed by atoms with Crippen LogP contribution in [-0.2, 0) is 16.3 Å². The van der Waals surface area contributed by atoms with E-state index in [9.17, 15) is 8.42 Å². The minimum atomic E-state index is -3.03. The summed E-state index contributed by atoms with van der Waals surface area (Å²) in [6.45, 7) is 8.06. The highest BCUT2D eigenvalue weighted by molar-refractivity contribution is 14.0. The van der Waals surface area contributed by atoms with E-state index < -0.39 is 14.6 Å². The van der Waals surface area contributed by atoms with Gasteiger partial charge in [0, 0.05) is 37.5 Å². The van der Waals surface area contributed by atoms with Gasteiger partial charge in [0.2, 0.25) is 0 Å². The average molecular weight is 550 g/mol. The van der Waals surface area contributed by atoms with E-state index in [1.807, 2.05) is 13.0 Å². The van der Waals surface area contributed by atoms with Crippen molar-refractivity contribution in [3.8, 4) is 0 Å². The third-order valence-electron chi connectivity index (χ3n) is 3.93. The maximum atomic E-state index is 12.1. The molecule has 0 aliphatic carbocycles. The van der Waals surface area contributed by atoms with E-state index in [-0.39, 0.29) is 29.7 Å². The summed E-state index contributed by atoms with van der Waals surface area (Å²) in [6, 6.07) is 4.15. The predicted octanol–water partition coefficient (Wildman–Crippen LogP) is 3.15. The van der Waals surface area contributed by atoms with Crippen LogP contribution in [-0.4, -0.2) is 56.0 Å². The van der Waals surface area contributed by atoms with Gasteiger partial charge in [0.1, 0.15) is 0 Å². The molecule has 1 aromatic rings. The lowest BCUT2D eigenvalue weighted by molar-refractivity contribution is 0.353. The normalized spacial score (nSPS) is 19.7. The van der Waals surface area contributed by atoms with Gasteiger partial charge in [0.25, 0.3) is 0 Å². The number of nitrogens with one attached hydrogen (secondary N) is 1. The highest BCUT2D eigenvalue weighted by Gasteiger charge is 2.40. The Bertz CT molecular complexity index is 674. The zero-order valence-corrected chi connectivity index (χ0v) is 19.8. The second-order valence-electron chi connectivity index (χ2n) is 6.19. The number of guanidine groups is 1. The minimum Gasteiger partial charge on any atom is -0.357 e.